The van der Waals surface area contributed by atoms with Gasteiger partial charge in [-0.3, -0.25) is 9.59 Å². The highest BCUT2D eigenvalue weighted by atomic mass is 16.5. The van der Waals surface area contributed by atoms with E-state index in [1.165, 1.54) is 0 Å². The number of ether oxygens (including phenoxy) is 1. The van der Waals surface area contributed by atoms with E-state index in [-0.39, 0.29) is 24.0 Å². The molecule has 0 spiro atoms. The molecule has 0 bridgehead atoms. The Morgan fingerprint density at radius 1 is 1.29 bits per heavy atom. The number of nitrogens with zero attached hydrogens (tertiary/aromatic N) is 1. The molecule has 2 fully saturated rings. The van der Waals surface area contributed by atoms with Crippen molar-refractivity contribution in [2.45, 2.75) is 38.8 Å². The van der Waals surface area contributed by atoms with Crippen LogP contribution in [0, 0.1) is 13.8 Å². The summed E-state index contributed by atoms with van der Waals surface area (Å²) in [5.74, 6) is 1.32. The molecule has 0 saturated carbocycles. The minimum absolute atomic E-state index is 0.0493. The summed E-state index contributed by atoms with van der Waals surface area (Å²) in [6.45, 7) is 6.86. The van der Waals surface area contributed by atoms with Crippen LogP contribution in [0.5, 0.6) is 0 Å². The van der Waals surface area contributed by atoms with Crippen molar-refractivity contribution in [3.05, 3.63) is 23.2 Å². The minimum Gasteiger partial charge on any atom is -0.466 e. The van der Waals surface area contributed by atoms with Crippen LogP contribution in [0.1, 0.15) is 34.7 Å². The van der Waals surface area contributed by atoms with Crippen molar-refractivity contribution < 1.29 is 18.7 Å². The van der Waals surface area contributed by atoms with Crippen LogP contribution in [0.25, 0.3) is 0 Å². The third kappa shape index (κ3) is 3.79. The summed E-state index contributed by atoms with van der Waals surface area (Å²) in [6.07, 6.45) is 1.14. The van der Waals surface area contributed by atoms with Gasteiger partial charge in [-0.15, -0.1) is 0 Å². The van der Waals surface area contributed by atoms with E-state index < -0.39 is 0 Å². The van der Waals surface area contributed by atoms with Gasteiger partial charge in [0.2, 0.25) is 0 Å². The van der Waals surface area contributed by atoms with E-state index in [2.05, 4.69) is 10.6 Å². The Kier molecular flexibility index (Phi) is 5.20. The van der Waals surface area contributed by atoms with Crippen molar-refractivity contribution in [1.29, 1.82) is 0 Å². The van der Waals surface area contributed by atoms with Gasteiger partial charge in [-0.25, -0.2) is 0 Å². The Morgan fingerprint density at radius 3 is 2.62 bits per heavy atom. The van der Waals surface area contributed by atoms with Gasteiger partial charge >= 0.3 is 0 Å². The molecule has 132 valence electrons. The van der Waals surface area contributed by atoms with Gasteiger partial charge in [0.15, 0.2) is 0 Å². The molecular weight excluding hydrogens is 310 g/mol. The molecule has 2 N–H and O–H groups in total. The van der Waals surface area contributed by atoms with Gasteiger partial charge in [0.05, 0.1) is 12.2 Å². The summed E-state index contributed by atoms with van der Waals surface area (Å²) in [5.41, 5.74) is 0.590. The number of morpholine rings is 1. The predicted octanol–water partition coefficient (Wildman–Crippen LogP) is 0.606. The van der Waals surface area contributed by atoms with Crippen molar-refractivity contribution in [3.8, 4) is 0 Å². The van der Waals surface area contributed by atoms with Crippen LogP contribution in [0.2, 0.25) is 0 Å². The second-order valence-corrected chi connectivity index (χ2v) is 6.46. The molecule has 0 radical (unpaired) electrons. The van der Waals surface area contributed by atoms with E-state index in [1.807, 2.05) is 11.8 Å². The molecule has 7 heteroatoms. The lowest BCUT2D eigenvalue weighted by Crippen LogP contribution is -2.53. The quantitative estimate of drug-likeness (QED) is 0.845. The zero-order valence-corrected chi connectivity index (χ0v) is 14.3. The summed E-state index contributed by atoms with van der Waals surface area (Å²) in [6, 6.07) is 1.85. The van der Waals surface area contributed by atoms with E-state index in [4.69, 9.17) is 9.15 Å². The first-order chi connectivity index (χ1) is 11.5. The maximum atomic E-state index is 12.4. The number of amides is 2. The highest BCUT2D eigenvalue weighted by Crippen LogP contribution is 2.17. The highest BCUT2D eigenvalue weighted by molar-refractivity contribution is 5.95. The van der Waals surface area contributed by atoms with Crippen molar-refractivity contribution >= 4 is 11.8 Å². The molecular formula is C17H25N3O4. The molecule has 7 nitrogen and oxygen atoms in total. The van der Waals surface area contributed by atoms with Gasteiger partial charge in [-0.1, -0.05) is 0 Å². The van der Waals surface area contributed by atoms with E-state index in [0.29, 0.717) is 37.6 Å². The monoisotopic (exact) mass is 335 g/mol. The molecule has 1 unspecified atom stereocenters. The summed E-state index contributed by atoms with van der Waals surface area (Å²) in [5, 5.41) is 6.22. The van der Waals surface area contributed by atoms with Gasteiger partial charge < -0.3 is 24.7 Å². The molecule has 0 aliphatic carbocycles. The second-order valence-electron chi connectivity index (χ2n) is 6.46. The first-order valence-electron chi connectivity index (χ1n) is 8.53. The summed E-state index contributed by atoms with van der Waals surface area (Å²) < 4.78 is 10.9. The fourth-order valence-corrected chi connectivity index (χ4v) is 3.29. The average molecular weight is 335 g/mol. The average Bonchev–Trinajstić information content (AvgIpc) is 2.94. The first kappa shape index (κ1) is 17.0. The molecule has 24 heavy (non-hydrogen) atoms. The Morgan fingerprint density at radius 2 is 2.04 bits per heavy atom. The number of furan rings is 1. The van der Waals surface area contributed by atoms with E-state index in [1.54, 1.807) is 13.0 Å². The minimum atomic E-state index is -0.374. The molecule has 3 rings (SSSR count). The predicted molar refractivity (Wildman–Crippen MR) is 87.9 cm³/mol. The third-order valence-electron chi connectivity index (χ3n) is 4.63. The maximum Gasteiger partial charge on any atom is 0.255 e. The van der Waals surface area contributed by atoms with Crippen LogP contribution in [-0.2, 0) is 9.53 Å². The number of aryl methyl sites for hydroxylation is 2. The van der Waals surface area contributed by atoms with Gasteiger partial charge in [-0.05, 0) is 32.8 Å². The van der Waals surface area contributed by atoms with E-state index >= 15 is 0 Å². The lowest BCUT2D eigenvalue weighted by atomic mass is 10.0. The molecule has 0 aromatic carbocycles. The summed E-state index contributed by atoms with van der Waals surface area (Å²) in [7, 11) is 0. The number of nitrogens with one attached hydrogen (secondary N) is 2. The van der Waals surface area contributed by atoms with Gasteiger partial charge in [0.1, 0.15) is 17.6 Å². The van der Waals surface area contributed by atoms with Crippen molar-refractivity contribution in [2.75, 3.05) is 32.8 Å². The van der Waals surface area contributed by atoms with Gasteiger partial charge in [0.25, 0.3) is 11.8 Å². The molecule has 2 saturated heterocycles. The largest absolute Gasteiger partial charge is 0.466 e. The number of hydrogen-bond acceptors (Lipinski definition) is 5. The first-order valence-corrected chi connectivity index (χ1v) is 8.53. The Balaban J connectivity index is 1.49. The number of rotatable bonds is 3. The molecule has 3 heterocycles. The van der Waals surface area contributed by atoms with Crippen LogP contribution < -0.4 is 10.6 Å². The lowest BCUT2D eigenvalue weighted by molar-refractivity contribution is -0.146. The number of carbonyl (C=O) groups excluding carboxylic acids is 2. The number of piperidine rings is 1. The third-order valence-corrected chi connectivity index (χ3v) is 4.63. The van der Waals surface area contributed by atoms with Crippen molar-refractivity contribution in [1.82, 2.24) is 15.5 Å². The number of carbonyl (C=O) groups is 2. The molecule has 2 amide bonds. The summed E-state index contributed by atoms with van der Waals surface area (Å²) in [4.78, 5) is 26.6. The van der Waals surface area contributed by atoms with Crippen LogP contribution in [0.4, 0.5) is 0 Å². The van der Waals surface area contributed by atoms with Crippen molar-refractivity contribution in [2.24, 2.45) is 0 Å². The molecule has 1 atom stereocenters. The van der Waals surface area contributed by atoms with Crippen LogP contribution in [-0.4, -0.2) is 61.6 Å². The molecule has 2 aliphatic heterocycles. The molecule has 1 aromatic heterocycles. The maximum absolute atomic E-state index is 12.4. The lowest BCUT2D eigenvalue weighted by Gasteiger charge is -2.35. The smallest absolute Gasteiger partial charge is 0.255 e. The van der Waals surface area contributed by atoms with E-state index in [0.717, 1.165) is 25.1 Å². The Labute approximate surface area is 141 Å². The summed E-state index contributed by atoms with van der Waals surface area (Å²) >= 11 is 0. The second kappa shape index (κ2) is 7.36. The molecule has 1 aromatic rings. The Hall–Kier alpha value is -1.86. The van der Waals surface area contributed by atoms with Crippen LogP contribution in [0.15, 0.2) is 10.5 Å². The highest BCUT2D eigenvalue weighted by Gasteiger charge is 2.30. The van der Waals surface area contributed by atoms with E-state index in [9.17, 15) is 9.59 Å². The SMILES string of the molecule is Cc1cc(C(=O)NC2CCN(C(=O)C3CNCCO3)CC2)c(C)o1. The zero-order valence-electron chi connectivity index (χ0n) is 14.3. The number of likely N-dealkylation sites (tertiary alicyclic amines) is 1. The number of hydrogen-bond donors (Lipinski definition) is 2. The van der Waals surface area contributed by atoms with Crippen LogP contribution in [0.3, 0.4) is 0 Å². The van der Waals surface area contributed by atoms with Crippen molar-refractivity contribution in [3.63, 3.8) is 0 Å². The zero-order chi connectivity index (χ0) is 17.1. The fourth-order valence-electron chi connectivity index (χ4n) is 3.29. The van der Waals surface area contributed by atoms with Gasteiger partial charge in [-0.2, -0.15) is 0 Å². The molecule has 2 aliphatic rings. The van der Waals surface area contributed by atoms with Gasteiger partial charge in [0, 0.05) is 32.2 Å². The Bertz CT molecular complexity index is 599. The van der Waals surface area contributed by atoms with Crippen LogP contribution >= 0.6 is 0 Å². The standard InChI is InChI=1S/C17H25N3O4/c1-11-9-14(12(2)24-11)16(21)19-13-3-6-20(7-4-13)17(22)15-10-18-5-8-23-15/h9,13,15,18H,3-8,10H2,1-2H3,(H,19,21). The topological polar surface area (TPSA) is 83.8 Å². The fraction of sp³-hybridized carbons (Fsp3) is 0.647. The normalized spacial score (nSPS) is 22.4.